The van der Waals surface area contributed by atoms with E-state index in [1.165, 1.54) is 59.9 Å². The van der Waals surface area contributed by atoms with Crippen LogP contribution in [0.1, 0.15) is 0 Å². The first-order chi connectivity index (χ1) is 19.9. The Hall–Kier alpha value is -5.41. The molecule has 9 rings (SSSR count). The first-order valence-corrected chi connectivity index (χ1v) is 13.7. The summed E-state index contributed by atoms with van der Waals surface area (Å²) in [4.78, 5) is 4.92. The average molecular weight is 510 g/mol. The van der Waals surface area contributed by atoms with Crippen LogP contribution in [0.25, 0.3) is 76.8 Å². The molecule has 0 saturated heterocycles. The van der Waals surface area contributed by atoms with Crippen LogP contribution in [0.5, 0.6) is 0 Å². The zero-order chi connectivity index (χ0) is 26.2. The Morgan fingerprint density at radius 1 is 0.400 bits per heavy atom. The van der Waals surface area contributed by atoms with Crippen LogP contribution >= 0.6 is 0 Å². The molecule has 0 aliphatic carbocycles. The fourth-order valence-corrected chi connectivity index (χ4v) is 6.63. The quantitative estimate of drug-likeness (QED) is 0.213. The van der Waals surface area contributed by atoms with Crippen molar-refractivity contribution in [1.82, 2.24) is 14.0 Å². The molecule has 0 amide bonds. The van der Waals surface area contributed by atoms with Gasteiger partial charge in [0.2, 0.25) is 0 Å². The second-order valence-electron chi connectivity index (χ2n) is 10.4. The predicted octanol–water partition coefficient (Wildman–Crippen LogP) is 9.56. The summed E-state index contributed by atoms with van der Waals surface area (Å²) in [5, 5.41) is 7.50. The van der Waals surface area contributed by atoms with Crippen molar-refractivity contribution in [1.29, 1.82) is 0 Å². The summed E-state index contributed by atoms with van der Waals surface area (Å²) in [7, 11) is 0. The summed E-state index contributed by atoms with van der Waals surface area (Å²) in [5.74, 6) is 0.921. The molecule has 5 aromatic carbocycles. The molecule has 0 unspecified atom stereocenters. The zero-order valence-corrected chi connectivity index (χ0v) is 21.6. The number of rotatable bonds is 2. The normalized spacial score (nSPS) is 12.0. The fourth-order valence-electron chi connectivity index (χ4n) is 6.63. The van der Waals surface area contributed by atoms with Crippen molar-refractivity contribution in [3.63, 3.8) is 0 Å². The number of para-hydroxylation sites is 2. The van der Waals surface area contributed by atoms with E-state index < -0.39 is 0 Å². The van der Waals surface area contributed by atoms with Crippen LogP contribution in [0, 0.1) is 0 Å². The first-order valence-electron chi connectivity index (χ1n) is 13.7. The Morgan fingerprint density at radius 2 is 1.02 bits per heavy atom. The Morgan fingerprint density at radius 3 is 1.82 bits per heavy atom. The minimum Gasteiger partial charge on any atom is -0.309 e. The molecule has 4 heterocycles. The minimum absolute atomic E-state index is 0.921. The van der Waals surface area contributed by atoms with E-state index >= 15 is 0 Å². The maximum Gasteiger partial charge on any atom is 0.138 e. The van der Waals surface area contributed by atoms with Gasteiger partial charge in [-0.1, -0.05) is 97.1 Å². The van der Waals surface area contributed by atoms with Crippen LogP contribution in [0.3, 0.4) is 0 Å². The van der Waals surface area contributed by atoms with Crippen molar-refractivity contribution in [3.8, 4) is 16.9 Å². The van der Waals surface area contributed by atoms with E-state index in [2.05, 4.69) is 142 Å². The molecule has 0 atom stereocenters. The highest BCUT2D eigenvalue weighted by Crippen LogP contribution is 2.40. The van der Waals surface area contributed by atoms with Crippen LogP contribution in [-0.2, 0) is 0 Å². The van der Waals surface area contributed by atoms with Crippen LogP contribution in [0.4, 0.5) is 0 Å². The molecular formula is C37H23N3. The maximum atomic E-state index is 4.92. The van der Waals surface area contributed by atoms with Gasteiger partial charge < -0.3 is 4.40 Å². The van der Waals surface area contributed by atoms with Crippen molar-refractivity contribution < 1.29 is 0 Å². The number of hydrogen-bond acceptors (Lipinski definition) is 1. The zero-order valence-electron chi connectivity index (χ0n) is 21.6. The van der Waals surface area contributed by atoms with E-state index in [-0.39, 0.29) is 0 Å². The highest BCUT2D eigenvalue weighted by atomic mass is 15.1. The molecule has 0 radical (unpaired) electrons. The molecule has 3 heteroatoms. The number of hydrogen-bond donors (Lipinski definition) is 0. The van der Waals surface area contributed by atoms with Crippen molar-refractivity contribution in [2.45, 2.75) is 0 Å². The summed E-state index contributed by atoms with van der Waals surface area (Å²) >= 11 is 0. The smallest absolute Gasteiger partial charge is 0.138 e. The van der Waals surface area contributed by atoms with E-state index in [1.54, 1.807) is 0 Å². The lowest BCUT2D eigenvalue weighted by Crippen LogP contribution is -1.98. The minimum atomic E-state index is 0.921. The molecule has 0 aliphatic heterocycles. The molecule has 40 heavy (non-hydrogen) atoms. The lowest BCUT2D eigenvalue weighted by molar-refractivity contribution is 1.08. The number of benzene rings is 5. The van der Waals surface area contributed by atoms with Gasteiger partial charge in [0.1, 0.15) is 5.82 Å². The van der Waals surface area contributed by atoms with Gasteiger partial charge in [-0.05, 0) is 52.9 Å². The molecular weight excluding hydrogens is 486 g/mol. The molecule has 0 aliphatic rings. The second-order valence-corrected chi connectivity index (χ2v) is 10.4. The van der Waals surface area contributed by atoms with E-state index in [1.807, 2.05) is 6.20 Å². The fraction of sp³-hybridized carbons (Fsp3) is 0. The van der Waals surface area contributed by atoms with Gasteiger partial charge in [-0.25, -0.2) is 4.98 Å². The number of pyridine rings is 2. The van der Waals surface area contributed by atoms with Crippen molar-refractivity contribution in [2.24, 2.45) is 0 Å². The first kappa shape index (κ1) is 21.5. The van der Waals surface area contributed by atoms with Gasteiger partial charge >= 0.3 is 0 Å². The Balaban J connectivity index is 1.48. The Bertz CT molecular complexity index is 2430. The van der Waals surface area contributed by atoms with Crippen molar-refractivity contribution in [2.75, 3.05) is 0 Å². The Labute approximate surface area is 230 Å². The standard InChI is InChI=1S/C37H23N3/c1-2-10-24(11-3-1)25-20-21-38-36(22-25)40-33-17-9-7-15-29(33)30-18-19-34-31(37(30)40)23-35-28-14-5-4-12-26(28)27-13-6-8-16-32(27)39(34)35/h1-23H. The molecule has 0 fully saturated rings. The number of nitrogens with zero attached hydrogens (tertiary/aromatic N) is 3. The molecule has 9 aromatic rings. The van der Waals surface area contributed by atoms with Crippen LogP contribution < -0.4 is 0 Å². The maximum absolute atomic E-state index is 4.92. The average Bonchev–Trinajstić information content (AvgIpc) is 3.59. The molecule has 4 aromatic heterocycles. The van der Waals surface area contributed by atoms with Gasteiger partial charge in [0.05, 0.1) is 27.6 Å². The van der Waals surface area contributed by atoms with E-state index in [4.69, 9.17) is 4.98 Å². The summed E-state index contributed by atoms with van der Waals surface area (Å²) < 4.78 is 4.78. The van der Waals surface area contributed by atoms with E-state index in [0.29, 0.717) is 0 Å². The molecule has 0 N–H and O–H groups in total. The van der Waals surface area contributed by atoms with Gasteiger partial charge in [0.25, 0.3) is 0 Å². The molecule has 0 bridgehead atoms. The molecule has 3 nitrogen and oxygen atoms in total. The third kappa shape index (κ3) is 2.86. The third-order valence-corrected chi connectivity index (χ3v) is 8.34. The van der Waals surface area contributed by atoms with Crippen molar-refractivity contribution >= 4 is 59.9 Å². The lowest BCUT2D eigenvalue weighted by atomic mass is 10.1. The molecule has 186 valence electrons. The summed E-state index contributed by atoms with van der Waals surface area (Å²) in [5.41, 5.74) is 8.33. The van der Waals surface area contributed by atoms with Gasteiger partial charge in [-0.3, -0.25) is 4.57 Å². The SMILES string of the molecule is c1ccc(-c2ccnc(-n3c4ccccc4c4ccc5c(cc6c7ccccc7c7ccccc7n65)c43)c2)cc1. The van der Waals surface area contributed by atoms with E-state index in [9.17, 15) is 0 Å². The van der Waals surface area contributed by atoms with Gasteiger partial charge in [0, 0.05) is 33.1 Å². The van der Waals surface area contributed by atoms with Gasteiger partial charge in [0.15, 0.2) is 0 Å². The predicted molar refractivity (Wildman–Crippen MR) is 167 cm³/mol. The lowest BCUT2D eigenvalue weighted by Gasteiger charge is -2.11. The van der Waals surface area contributed by atoms with Crippen LogP contribution in [-0.4, -0.2) is 14.0 Å². The van der Waals surface area contributed by atoms with Crippen LogP contribution in [0.2, 0.25) is 0 Å². The second kappa shape index (κ2) is 8.05. The monoisotopic (exact) mass is 509 g/mol. The topological polar surface area (TPSA) is 22.2 Å². The largest absolute Gasteiger partial charge is 0.309 e. The Kier molecular flexibility index (Phi) is 4.33. The van der Waals surface area contributed by atoms with E-state index in [0.717, 1.165) is 16.9 Å². The number of fused-ring (bicyclic) bond motifs is 12. The van der Waals surface area contributed by atoms with Crippen molar-refractivity contribution in [3.05, 3.63) is 140 Å². The van der Waals surface area contributed by atoms with Gasteiger partial charge in [-0.2, -0.15) is 0 Å². The highest BCUT2D eigenvalue weighted by Gasteiger charge is 2.19. The molecule has 0 spiro atoms. The summed E-state index contributed by atoms with van der Waals surface area (Å²) in [6.45, 7) is 0. The summed E-state index contributed by atoms with van der Waals surface area (Å²) in [6, 6.07) is 47.9. The summed E-state index contributed by atoms with van der Waals surface area (Å²) in [6.07, 6.45) is 1.93. The molecule has 0 saturated carbocycles. The highest BCUT2D eigenvalue weighted by molar-refractivity contribution is 6.22. The van der Waals surface area contributed by atoms with Gasteiger partial charge in [-0.15, -0.1) is 0 Å². The number of aromatic nitrogens is 3. The third-order valence-electron chi connectivity index (χ3n) is 8.34. The van der Waals surface area contributed by atoms with Crippen LogP contribution in [0.15, 0.2) is 140 Å².